The van der Waals surface area contributed by atoms with E-state index in [1.165, 1.54) is 24.3 Å². The van der Waals surface area contributed by atoms with Gasteiger partial charge in [-0.05, 0) is 50.5 Å². The molecule has 0 saturated carbocycles. The zero-order chi connectivity index (χ0) is 14.5. The number of benzene rings is 1. The zero-order valence-electron chi connectivity index (χ0n) is 11.5. The van der Waals surface area contributed by atoms with Gasteiger partial charge in [-0.3, -0.25) is 9.59 Å². The number of allylic oxidation sites excluding steroid dienone is 1. The zero-order valence-corrected chi connectivity index (χ0v) is 11.5. The van der Waals surface area contributed by atoms with Crippen molar-refractivity contribution < 1.29 is 14.0 Å². The summed E-state index contributed by atoms with van der Waals surface area (Å²) in [6, 6.07) is 5.22. The number of halogens is 1. The van der Waals surface area contributed by atoms with E-state index >= 15 is 0 Å². The molecule has 0 fully saturated rings. The minimum atomic E-state index is -0.365. The van der Waals surface area contributed by atoms with E-state index in [2.05, 4.69) is 5.32 Å². The molecule has 1 amide bonds. The fraction of sp³-hybridized carbons (Fsp3) is 0.375. The van der Waals surface area contributed by atoms with Crippen LogP contribution >= 0.6 is 0 Å². The van der Waals surface area contributed by atoms with Crippen LogP contribution < -0.4 is 5.32 Å². The number of amides is 1. The van der Waals surface area contributed by atoms with Crippen molar-refractivity contribution in [3.8, 4) is 0 Å². The molecule has 0 heterocycles. The minimum absolute atomic E-state index is 0.0816. The number of hydrogen-bond donors (Lipinski definition) is 1. The van der Waals surface area contributed by atoms with Crippen LogP contribution in [0.1, 0.15) is 43.0 Å². The van der Waals surface area contributed by atoms with E-state index in [4.69, 9.17) is 0 Å². The Bertz CT molecular complexity index is 534. The molecule has 2 rings (SSSR count). The number of rotatable bonds is 5. The molecule has 3 nitrogen and oxygen atoms in total. The fourth-order valence-corrected chi connectivity index (χ4v) is 2.28. The van der Waals surface area contributed by atoms with Gasteiger partial charge in [-0.25, -0.2) is 4.39 Å². The first-order chi connectivity index (χ1) is 9.56. The number of carbonyl (C=O) groups excluding carboxylic acids is 2. The highest BCUT2D eigenvalue weighted by Crippen LogP contribution is 2.17. The van der Waals surface area contributed by atoms with Gasteiger partial charge in [-0.2, -0.15) is 0 Å². The number of ketones is 1. The second-order valence-electron chi connectivity index (χ2n) is 5.13. The van der Waals surface area contributed by atoms with Crippen LogP contribution in [0.2, 0.25) is 0 Å². The molecule has 1 unspecified atom stereocenters. The molecular weight excluding hydrogens is 257 g/mol. The van der Waals surface area contributed by atoms with E-state index in [1.807, 2.05) is 6.08 Å². The van der Waals surface area contributed by atoms with E-state index in [9.17, 15) is 14.0 Å². The van der Waals surface area contributed by atoms with Crippen LogP contribution in [0, 0.1) is 5.82 Å². The van der Waals surface area contributed by atoms with E-state index < -0.39 is 0 Å². The van der Waals surface area contributed by atoms with Crippen LogP contribution in [-0.4, -0.2) is 17.7 Å². The largest absolute Gasteiger partial charge is 0.349 e. The Balaban J connectivity index is 1.87. The molecule has 1 aromatic rings. The molecule has 1 aliphatic carbocycles. The summed E-state index contributed by atoms with van der Waals surface area (Å²) in [6.07, 6.45) is 4.94. The number of hydrogen-bond acceptors (Lipinski definition) is 2. The maximum Gasteiger partial charge on any atom is 0.247 e. The Hall–Kier alpha value is -1.97. The molecule has 0 aliphatic heterocycles. The average molecular weight is 275 g/mol. The van der Waals surface area contributed by atoms with Crippen molar-refractivity contribution >= 4 is 11.7 Å². The third-order valence-electron chi connectivity index (χ3n) is 3.37. The van der Waals surface area contributed by atoms with Crippen molar-refractivity contribution in [3.63, 3.8) is 0 Å². The Morgan fingerprint density at radius 1 is 1.30 bits per heavy atom. The molecule has 0 saturated heterocycles. The van der Waals surface area contributed by atoms with Gasteiger partial charge in [0.2, 0.25) is 5.91 Å². The van der Waals surface area contributed by atoms with Gasteiger partial charge >= 0.3 is 0 Å². The van der Waals surface area contributed by atoms with Gasteiger partial charge in [0.15, 0.2) is 5.78 Å². The van der Waals surface area contributed by atoms with Crippen LogP contribution in [0.15, 0.2) is 35.9 Å². The van der Waals surface area contributed by atoms with Gasteiger partial charge in [-0.15, -0.1) is 0 Å². The van der Waals surface area contributed by atoms with Gasteiger partial charge in [0.1, 0.15) is 5.82 Å². The van der Waals surface area contributed by atoms with E-state index in [1.54, 1.807) is 6.92 Å². The quantitative estimate of drug-likeness (QED) is 0.840. The second-order valence-corrected chi connectivity index (χ2v) is 5.13. The molecule has 1 aliphatic rings. The van der Waals surface area contributed by atoms with Gasteiger partial charge in [-0.1, -0.05) is 6.08 Å². The van der Waals surface area contributed by atoms with E-state index in [0.717, 1.165) is 24.8 Å². The topological polar surface area (TPSA) is 46.2 Å². The summed E-state index contributed by atoms with van der Waals surface area (Å²) >= 11 is 0. The third kappa shape index (κ3) is 3.76. The third-order valence-corrected chi connectivity index (χ3v) is 3.37. The molecule has 106 valence electrons. The van der Waals surface area contributed by atoms with E-state index in [-0.39, 0.29) is 30.0 Å². The minimum Gasteiger partial charge on any atom is -0.349 e. The molecule has 1 N–H and O–H groups in total. The van der Waals surface area contributed by atoms with Crippen molar-refractivity contribution in [2.24, 2.45) is 0 Å². The Morgan fingerprint density at radius 3 is 2.60 bits per heavy atom. The number of nitrogens with one attached hydrogen (secondary N) is 1. The standard InChI is InChI=1S/C16H18FNO2/c1-11(18-16(20)13-4-2-3-5-13)10-15(19)12-6-8-14(17)9-7-12/h4,6-9,11H,2-3,5,10H2,1H3,(H,18,20). The smallest absolute Gasteiger partial charge is 0.247 e. The summed E-state index contributed by atoms with van der Waals surface area (Å²) in [6.45, 7) is 1.80. The maximum atomic E-state index is 12.8. The summed E-state index contributed by atoms with van der Waals surface area (Å²) in [7, 11) is 0. The van der Waals surface area contributed by atoms with Gasteiger partial charge in [0.25, 0.3) is 0 Å². The molecule has 0 aromatic heterocycles. The van der Waals surface area contributed by atoms with E-state index in [0.29, 0.717) is 5.56 Å². The van der Waals surface area contributed by atoms with Crippen molar-refractivity contribution in [2.75, 3.05) is 0 Å². The lowest BCUT2D eigenvalue weighted by atomic mass is 10.0. The Labute approximate surface area is 117 Å². The normalized spacial score (nSPS) is 15.6. The SMILES string of the molecule is CC(CC(=O)c1ccc(F)cc1)NC(=O)C1=CCCC1. The first kappa shape index (κ1) is 14.4. The molecule has 20 heavy (non-hydrogen) atoms. The lowest BCUT2D eigenvalue weighted by molar-refractivity contribution is -0.118. The van der Waals surface area contributed by atoms with Gasteiger partial charge in [0, 0.05) is 23.6 Å². The summed E-state index contributed by atoms with van der Waals surface area (Å²) in [5.41, 5.74) is 1.28. The molecule has 1 aromatic carbocycles. The predicted molar refractivity (Wildman–Crippen MR) is 74.9 cm³/mol. The van der Waals surface area contributed by atoms with Crippen molar-refractivity contribution in [1.29, 1.82) is 0 Å². The van der Waals surface area contributed by atoms with Crippen molar-refractivity contribution in [1.82, 2.24) is 5.32 Å². The Morgan fingerprint density at radius 2 is 2.00 bits per heavy atom. The lowest BCUT2D eigenvalue weighted by Crippen LogP contribution is -2.34. The van der Waals surface area contributed by atoms with Crippen LogP contribution in [0.25, 0.3) is 0 Å². The summed E-state index contributed by atoms with van der Waals surface area (Å²) in [4.78, 5) is 23.9. The summed E-state index contributed by atoms with van der Waals surface area (Å²) in [5, 5.41) is 2.83. The highest BCUT2D eigenvalue weighted by Gasteiger charge is 2.17. The van der Waals surface area contributed by atoms with Crippen LogP contribution in [0.4, 0.5) is 4.39 Å². The lowest BCUT2D eigenvalue weighted by Gasteiger charge is -2.13. The Kier molecular flexibility index (Phi) is 4.66. The first-order valence-corrected chi connectivity index (χ1v) is 6.85. The second kappa shape index (κ2) is 6.46. The monoisotopic (exact) mass is 275 g/mol. The molecule has 0 bridgehead atoms. The van der Waals surface area contributed by atoms with Gasteiger partial charge in [0.05, 0.1) is 0 Å². The molecule has 0 radical (unpaired) electrons. The average Bonchev–Trinajstić information content (AvgIpc) is 2.93. The molecule has 0 spiro atoms. The summed E-state index contributed by atoms with van der Waals surface area (Å²) in [5.74, 6) is -0.545. The fourth-order valence-electron chi connectivity index (χ4n) is 2.28. The van der Waals surface area contributed by atoms with Crippen molar-refractivity contribution in [2.45, 2.75) is 38.6 Å². The predicted octanol–water partition coefficient (Wildman–Crippen LogP) is 3.01. The summed E-state index contributed by atoms with van der Waals surface area (Å²) < 4.78 is 12.8. The number of Topliss-reactive ketones (excluding diaryl/α,β-unsaturated/α-hetero) is 1. The maximum absolute atomic E-state index is 12.8. The van der Waals surface area contributed by atoms with Crippen LogP contribution in [0.5, 0.6) is 0 Å². The highest BCUT2D eigenvalue weighted by molar-refractivity contribution is 5.97. The molecule has 1 atom stereocenters. The van der Waals surface area contributed by atoms with Crippen molar-refractivity contribution in [3.05, 3.63) is 47.3 Å². The van der Waals surface area contributed by atoms with Crippen LogP contribution in [-0.2, 0) is 4.79 Å². The number of carbonyl (C=O) groups is 2. The highest BCUT2D eigenvalue weighted by atomic mass is 19.1. The van der Waals surface area contributed by atoms with Gasteiger partial charge < -0.3 is 5.32 Å². The van der Waals surface area contributed by atoms with Crippen LogP contribution in [0.3, 0.4) is 0 Å². The molecular formula is C16H18FNO2. The molecule has 4 heteroatoms. The first-order valence-electron chi connectivity index (χ1n) is 6.85.